The maximum absolute atomic E-state index is 13.9. The molecule has 1 aromatic heterocycles. The molecule has 12 heteroatoms. The van der Waals surface area contributed by atoms with E-state index in [1.807, 2.05) is 0 Å². The molecule has 5 aromatic rings. The normalized spacial score (nSPS) is 14.2. The number of nitrogens with zero attached hydrogens (tertiary/aromatic N) is 5. The molecule has 0 amide bonds. The molecular formula is C36H29N6O6+. The molecule has 2 aliphatic carbocycles. The third kappa shape index (κ3) is 4.66. The van der Waals surface area contributed by atoms with Crippen LogP contribution in [0.25, 0.3) is 22.8 Å². The van der Waals surface area contributed by atoms with Crippen molar-refractivity contribution in [2.45, 2.75) is 26.4 Å². The lowest BCUT2D eigenvalue weighted by atomic mass is 9.81. The summed E-state index contributed by atoms with van der Waals surface area (Å²) in [5, 5.41) is 23.1. The number of quaternary nitrogens is 1. The molecule has 1 atom stereocenters. The molecule has 238 valence electrons. The predicted molar refractivity (Wildman–Crippen MR) is 172 cm³/mol. The van der Waals surface area contributed by atoms with Gasteiger partial charge in [0.1, 0.15) is 6.17 Å². The first-order valence-corrected chi connectivity index (χ1v) is 15.4. The van der Waals surface area contributed by atoms with Gasteiger partial charge in [-0.3, -0.25) is 19.2 Å². The fourth-order valence-corrected chi connectivity index (χ4v) is 6.23. The van der Waals surface area contributed by atoms with Gasteiger partial charge < -0.3 is 5.73 Å². The van der Waals surface area contributed by atoms with Gasteiger partial charge in [0.05, 0.1) is 4.92 Å². The fraction of sp³-hybridized carbons (Fsp3) is 0.139. The molecule has 0 radical (unpaired) electrons. The van der Waals surface area contributed by atoms with Crippen molar-refractivity contribution < 1.29 is 34.5 Å². The highest BCUT2D eigenvalue weighted by Gasteiger charge is 2.40. The lowest BCUT2D eigenvalue weighted by Gasteiger charge is -2.34. The summed E-state index contributed by atoms with van der Waals surface area (Å²) in [6.07, 6.45) is -0.769. The lowest BCUT2D eigenvalue weighted by molar-refractivity contribution is -1.25. The molecule has 0 aliphatic heterocycles. The zero-order valence-electron chi connectivity index (χ0n) is 25.9. The summed E-state index contributed by atoms with van der Waals surface area (Å²) in [7, 11) is 0. The first kappa shape index (κ1) is 30.8. The number of rotatable bonds is 7. The molecule has 0 bridgehead atoms. The maximum Gasteiger partial charge on any atom is 0.284 e. The van der Waals surface area contributed by atoms with Crippen LogP contribution in [0.5, 0.6) is 0 Å². The van der Waals surface area contributed by atoms with Crippen molar-refractivity contribution in [2.75, 3.05) is 11.6 Å². The van der Waals surface area contributed by atoms with Crippen LogP contribution in [0.15, 0.2) is 84.9 Å². The minimum absolute atomic E-state index is 0.0650. The summed E-state index contributed by atoms with van der Waals surface area (Å²) in [6, 6.07) is 22.5. The topological polar surface area (TPSA) is 177 Å². The molecule has 0 fully saturated rings. The van der Waals surface area contributed by atoms with E-state index in [1.54, 1.807) is 91.9 Å². The molecule has 12 nitrogen and oxygen atoms in total. The van der Waals surface area contributed by atoms with Crippen molar-refractivity contribution in [3.8, 4) is 22.8 Å². The van der Waals surface area contributed by atoms with Crippen LogP contribution < -0.4 is 10.7 Å². The number of anilines is 1. The summed E-state index contributed by atoms with van der Waals surface area (Å²) >= 11 is 0. The maximum atomic E-state index is 13.9. The Kier molecular flexibility index (Phi) is 7.37. The van der Waals surface area contributed by atoms with Crippen LogP contribution in [0.4, 0.5) is 5.95 Å². The molecule has 4 aromatic carbocycles. The van der Waals surface area contributed by atoms with Crippen LogP contribution in [0.2, 0.25) is 0 Å². The Morgan fingerprint density at radius 1 is 0.583 bits per heavy atom. The van der Waals surface area contributed by atoms with E-state index in [4.69, 9.17) is 10.7 Å². The van der Waals surface area contributed by atoms with Crippen LogP contribution in [-0.4, -0.2) is 66.1 Å². The molecule has 1 heterocycles. The van der Waals surface area contributed by atoms with E-state index in [0.717, 1.165) is 5.01 Å². The van der Waals surface area contributed by atoms with Crippen molar-refractivity contribution in [1.29, 1.82) is 0 Å². The number of carbonyl (C=O) groups excluding carboxylic acids is 4. The van der Waals surface area contributed by atoms with Gasteiger partial charge in [0, 0.05) is 55.6 Å². The van der Waals surface area contributed by atoms with E-state index in [1.165, 1.54) is 6.92 Å². The summed E-state index contributed by atoms with van der Waals surface area (Å²) in [5.74, 6) is -2.00. The fourth-order valence-electron chi connectivity index (χ4n) is 6.23. The van der Waals surface area contributed by atoms with Gasteiger partial charge in [-0.25, -0.2) is 4.98 Å². The van der Waals surface area contributed by atoms with Crippen molar-refractivity contribution in [1.82, 2.24) is 15.0 Å². The van der Waals surface area contributed by atoms with Crippen LogP contribution in [0, 0.1) is 0 Å². The van der Waals surface area contributed by atoms with Gasteiger partial charge in [0.2, 0.25) is 0 Å². The highest BCUT2D eigenvalue weighted by atomic mass is 16.9. The molecular weight excluding hydrogens is 612 g/mol. The van der Waals surface area contributed by atoms with Crippen LogP contribution >= 0.6 is 0 Å². The number of hydrogen-bond donors (Lipinski definition) is 3. The van der Waals surface area contributed by atoms with E-state index in [-0.39, 0.29) is 97.8 Å². The van der Waals surface area contributed by atoms with Gasteiger partial charge in [0.25, 0.3) is 5.95 Å². The van der Waals surface area contributed by atoms with Crippen molar-refractivity contribution in [3.05, 3.63) is 129 Å². The molecule has 1 unspecified atom stereocenters. The molecule has 0 saturated carbocycles. The summed E-state index contributed by atoms with van der Waals surface area (Å²) in [4.78, 5) is 67.2. The van der Waals surface area contributed by atoms with E-state index in [2.05, 4.69) is 9.97 Å². The minimum atomic E-state index is -1.72. The minimum Gasteiger partial charge on any atom is -0.307 e. The monoisotopic (exact) mass is 641 g/mol. The third-order valence-electron chi connectivity index (χ3n) is 8.72. The third-order valence-corrected chi connectivity index (χ3v) is 8.72. The predicted octanol–water partition coefficient (Wildman–Crippen LogP) is 4.79. The Morgan fingerprint density at radius 3 is 1.35 bits per heavy atom. The van der Waals surface area contributed by atoms with Gasteiger partial charge in [0.15, 0.2) is 41.3 Å². The summed E-state index contributed by atoms with van der Waals surface area (Å²) < 4.78 is 0. The molecule has 0 saturated heterocycles. The van der Waals surface area contributed by atoms with Crippen molar-refractivity contribution in [2.24, 2.45) is 5.73 Å². The largest absolute Gasteiger partial charge is 0.307 e. The molecule has 7 rings (SSSR count). The number of carbonyl (C=O) groups is 4. The number of nitrogens with two attached hydrogens (primary N) is 1. The Hall–Kier alpha value is -5.79. The van der Waals surface area contributed by atoms with Crippen molar-refractivity contribution in [3.63, 3.8) is 0 Å². The zero-order chi connectivity index (χ0) is 33.9. The van der Waals surface area contributed by atoms with Crippen molar-refractivity contribution >= 4 is 29.1 Å². The highest BCUT2D eigenvalue weighted by molar-refractivity contribution is 6.31. The van der Waals surface area contributed by atoms with Crippen LogP contribution in [0.3, 0.4) is 0 Å². The van der Waals surface area contributed by atoms with E-state index >= 15 is 0 Å². The van der Waals surface area contributed by atoms with Gasteiger partial charge in [-0.2, -0.15) is 20.4 Å². The van der Waals surface area contributed by atoms with E-state index in [9.17, 15) is 29.6 Å². The quantitative estimate of drug-likeness (QED) is 0.124. The second kappa shape index (κ2) is 11.5. The van der Waals surface area contributed by atoms with Crippen LogP contribution in [-0.2, 0) is 0 Å². The number of hydrogen-bond acceptors (Lipinski definition) is 11. The molecule has 2 aliphatic rings. The van der Waals surface area contributed by atoms with Crippen LogP contribution in [0.1, 0.15) is 84.0 Å². The van der Waals surface area contributed by atoms with Gasteiger partial charge in [-0.05, 0) is 13.3 Å². The average molecular weight is 642 g/mol. The molecule has 0 spiro atoms. The first-order valence-electron chi connectivity index (χ1n) is 15.4. The number of fused-ring (bicyclic) bond motifs is 4. The zero-order valence-corrected chi connectivity index (χ0v) is 25.9. The Bertz CT molecular complexity index is 2080. The number of aromatic nitrogens is 3. The standard InChI is InChI=1S/C36H29N6O6/c1-3-27(37)41(42(47,48)4-2)36-39-34(25-17-9-15-23-28(25)32(45)21-13-7-5-11-19(21)30(23)43)38-35(40-36)26-18-10-16-24-29(26)33(46)22-14-8-6-12-20(22)31(24)44/h5-18,27,47-48H,3-4,37H2,1-2H3/q+1. The highest BCUT2D eigenvalue weighted by Crippen LogP contribution is 2.37. The number of hydroxylamine groups is 2. The van der Waals surface area contributed by atoms with Gasteiger partial charge in [-0.1, -0.05) is 91.9 Å². The summed E-state index contributed by atoms with van der Waals surface area (Å²) in [5.41, 5.74) is 8.17. The Balaban J connectivity index is 1.51. The smallest absolute Gasteiger partial charge is 0.284 e. The van der Waals surface area contributed by atoms with Gasteiger partial charge in [-0.15, -0.1) is 5.01 Å². The van der Waals surface area contributed by atoms with Gasteiger partial charge >= 0.3 is 0 Å². The second-order valence-electron chi connectivity index (χ2n) is 11.5. The van der Waals surface area contributed by atoms with E-state index in [0.29, 0.717) is 0 Å². The second-order valence-corrected chi connectivity index (χ2v) is 11.5. The van der Waals surface area contributed by atoms with E-state index < -0.39 is 22.7 Å². The SMILES string of the molecule is CCC(N)N(c1nc(-c2cccc3c2C(=O)c2ccccc2C3=O)nc(-c2cccc3c2C(=O)c2ccccc2C3=O)n1)[N+](O)(O)CC. The average Bonchev–Trinajstić information content (AvgIpc) is 3.12. The number of ketones is 4. The molecule has 48 heavy (non-hydrogen) atoms. The molecule has 4 N–H and O–H groups in total. The number of benzene rings is 4. The Morgan fingerprint density at radius 2 is 0.958 bits per heavy atom. The lowest BCUT2D eigenvalue weighted by Crippen LogP contribution is -2.63. The Labute approximate surface area is 274 Å². The first-order chi connectivity index (χ1) is 23.1. The summed E-state index contributed by atoms with van der Waals surface area (Å²) in [6.45, 7) is 3.00.